The molecule has 20 heavy (non-hydrogen) atoms. The van der Waals surface area contributed by atoms with Crippen LogP contribution in [-0.4, -0.2) is 29.9 Å². The van der Waals surface area contributed by atoms with Gasteiger partial charge < -0.3 is 5.11 Å². The maximum atomic E-state index is 10.5. The zero-order chi connectivity index (χ0) is 15.3. The predicted octanol–water partition coefficient (Wildman–Crippen LogP) is 3.94. The van der Waals surface area contributed by atoms with Gasteiger partial charge in [0.2, 0.25) is 0 Å². The molecule has 0 spiro atoms. The van der Waals surface area contributed by atoms with Crippen molar-refractivity contribution in [3.8, 4) is 0 Å². The first-order valence-electron chi connectivity index (χ1n) is 8.09. The predicted molar refractivity (Wildman–Crippen MR) is 83.5 cm³/mol. The van der Waals surface area contributed by atoms with E-state index in [9.17, 15) is 13.5 Å². The first-order chi connectivity index (χ1) is 9.45. The van der Waals surface area contributed by atoms with E-state index in [0.29, 0.717) is 6.42 Å². The third kappa shape index (κ3) is 15.9. The molecule has 0 aromatic carbocycles. The molecule has 0 aliphatic rings. The molecule has 5 heteroatoms. The second-order valence-corrected chi connectivity index (χ2v) is 7.27. The fourth-order valence-electron chi connectivity index (χ4n) is 2.38. The van der Waals surface area contributed by atoms with Gasteiger partial charge in [-0.25, -0.2) is 0 Å². The van der Waals surface area contributed by atoms with Crippen molar-refractivity contribution in [2.45, 2.75) is 90.1 Å². The third-order valence-electron chi connectivity index (χ3n) is 3.56. The molecule has 2 N–H and O–H groups in total. The lowest BCUT2D eigenvalue weighted by Gasteiger charge is -2.08. The van der Waals surface area contributed by atoms with Gasteiger partial charge in [-0.15, -0.1) is 0 Å². The largest absolute Gasteiger partial charge is 0.393 e. The summed E-state index contributed by atoms with van der Waals surface area (Å²) in [4.78, 5) is 0. The van der Waals surface area contributed by atoms with Crippen LogP contribution in [0.25, 0.3) is 0 Å². The van der Waals surface area contributed by atoms with Crippen molar-refractivity contribution in [3.63, 3.8) is 0 Å². The second kappa shape index (κ2) is 12.6. The maximum absolute atomic E-state index is 10.5. The van der Waals surface area contributed by atoms with E-state index in [4.69, 9.17) is 4.55 Å². The van der Waals surface area contributed by atoms with Crippen molar-refractivity contribution in [2.75, 3.05) is 5.75 Å². The second-order valence-electron chi connectivity index (χ2n) is 5.70. The van der Waals surface area contributed by atoms with Crippen LogP contribution in [0.15, 0.2) is 0 Å². The molecule has 0 heterocycles. The Labute approximate surface area is 124 Å². The number of unbranched alkanes of at least 4 members (excludes halogenated alkanes) is 8. The molecule has 4 nitrogen and oxygen atoms in total. The van der Waals surface area contributed by atoms with E-state index >= 15 is 0 Å². The molecular weight excluding hydrogens is 276 g/mol. The lowest BCUT2D eigenvalue weighted by molar-refractivity contribution is 0.150. The van der Waals surface area contributed by atoms with Crippen molar-refractivity contribution in [1.82, 2.24) is 0 Å². The molecule has 0 rings (SSSR count). The van der Waals surface area contributed by atoms with Crippen LogP contribution in [-0.2, 0) is 10.1 Å². The minimum absolute atomic E-state index is 0.104. The van der Waals surface area contributed by atoms with Gasteiger partial charge >= 0.3 is 0 Å². The fourth-order valence-corrected chi connectivity index (χ4v) is 2.95. The Morgan fingerprint density at radius 2 is 1.25 bits per heavy atom. The van der Waals surface area contributed by atoms with E-state index in [2.05, 4.69) is 6.92 Å². The normalized spacial score (nSPS) is 13.6. The van der Waals surface area contributed by atoms with Crippen LogP contribution in [0.4, 0.5) is 0 Å². The van der Waals surface area contributed by atoms with E-state index in [-0.39, 0.29) is 11.9 Å². The first-order valence-corrected chi connectivity index (χ1v) is 9.70. The van der Waals surface area contributed by atoms with Crippen molar-refractivity contribution in [2.24, 2.45) is 0 Å². The van der Waals surface area contributed by atoms with Gasteiger partial charge in [-0.1, -0.05) is 64.7 Å². The number of aliphatic hydroxyl groups excluding tert-OH is 1. The summed E-state index contributed by atoms with van der Waals surface area (Å²) in [6, 6.07) is 0. The number of aliphatic hydroxyl groups is 1. The average Bonchev–Trinajstić information content (AvgIpc) is 2.35. The monoisotopic (exact) mass is 308 g/mol. The molecule has 0 bridgehead atoms. The highest BCUT2D eigenvalue weighted by Gasteiger charge is 2.03. The Morgan fingerprint density at radius 3 is 1.70 bits per heavy atom. The Balaban J connectivity index is 3.14. The third-order valence-corrected chi connectivity index (χ3v) is 4.37. The van der Waals surface area contributed by atoms with Crippen LogP contribution < -0.4 is 0 Å². The zero-order valence-electron chi connectivity index (χ0n) is 12.9. The molecule has 0 aliphatic heterocycles. The lowest BCUT2D eigenvalue weighted by atomic mass is 10.0. The number of hydrogen-bond acceptors (Lipinski definition) is 3. The number of rotatable bonds is 14. The van der Waals surface area contributed by atoms with Crippen LogP contribution >= 0.6 is 0 Å². The van der Waals surface area contributed by atoms with Crippen LogP contribution in [0.3, 0.4) is 0 Å². The SMILES string of the molecule is CCCC(O)CCCCCCCCCCCS(=O)(=O)O. The van der Waals surface area contributed by atoms with E-state index in [1.54, 1.807) is 0 Å². The molecule has 0 saturated heterocycles. The molecule has 1 atom stereocenters. The topological polar surface area (TPSA) is 74.6 Å². The van der Waals surface area contributed by atoms with Gasteiger partial charge in [0, 0.05) is 0 Å². The summed E-state index contributed by atoms with van der Waals surface area (Å²) in [5.74, 6) is -0.104. The van der Waals surface area contributed by atoms with Gasteiger partial charge in [-0.3, -0.25) is 4.55 Å². The summed E-state index contributed by atoms with van der Waals surface area (Å²) in [5, 5.41) is 9.57. The van der Waals surface area contributed by atoms with Gasteiger partial charge in [0.1, 0.15) is 0 Å². The first kappa shape index (κ1) is 19.9. The van der Waals surface area contributed by atoms with Crippen LogP contribution in [0.1, 0.15) is 84.0 Å². The van der Waals surface area contributed by atoms with Gasteiger partial charge in [-0.05, 0) is 19.3 Å². The van der Waals surface area contributed by atoms with Crippen LogP contribution in [0.5, 0.6) is 0 Å². The molecule has 0 amide bonds. The molecule has 0 aromatic rings. The zero-order valence-corrected chi connectivity index (χ0v) is 13.7. The Morgan fingerprint density at radius 1 is 0.800 bits per heavy atom. The summed E-state index contributed by atoms with van der Waals surface area (Å²) >= 11 is 0. The minimum atomic E-state index is -3.76. The van der Waals surface area contributed by atoms with Crippen molar-refractivity contribution >= 4 is 10.1 Å². The molecule has 0 saturated carbocycles. The standard InChI is InChI=1S/C15H32O4S/c1-2-12-15(16)13-10-8-6-4-3-5-7-9-11-14-20(17,18)19/h15-16H,2-14H2,1H3,(H,17,18,19). The molecule has 122 valence electrons. The highest BCUT2D eigenvalue weighted by Crippen LogP contribution is 2.13. The number of hydrogen-bond donors (Lipinski definition) is 2. The summed E-state index contributed by atoms with van der Waals surface area (Å²) < 4.78 is 29.6. The van der Waals surface area contributed by atoms with E-state index in [1.165, 1.54) is 25.7 Å². The summed E-state index contributed by atoms with van der Waals surface area (Å²) in [6.07, 6.45) is 12.4. The van der Waals surface area contributed by atoms with Crippen molar-refractivity contribution in [1.29, 1.82) is 0 Å². The van der Waals surface area contributed by atoms with Gasteiger partial charge in [0.05, 0.1) is 11.9 Å². The summed E-state index contributed by atoms with van der Waals surface area (Å²) in [5.41, 5.74) is 0. The molecule has 0 fully saturated rings. The minimum Gasteiger partial charge on any atom is -0.393 e. The van der Waals surface area contributed by atoms with Crippen molar-refractivity contribution < 1.29 is 18.1 Å². The van der Waals surface area contributed by atoms with E-state index < -0.39 is 10.1 Å². The Hall–Kier alpha value is -0.130. The lowest BCUT2D eigenvalue weighted by Crippen LogP contribution is -2.04. The Bertz CT molecular complexity index is 301. The van der Waals surface area contributed by atoms with Gasteiger partial charge in [0.15, 0.2) is 0 Å². The van der Waals surface area contributed by atoms with Crippen LogP contribution in [0.2, 0.25) is 0 Å². The van der Waals surface area contributed by atoms with E-state index in [1.807, 2.05) is 0 Å². The fraction of sp³-hybridized carbons (Fsp3) is 1.00. The van der Waals surface area contributed by atoms with Crippen LogP contribution in [0, 0.1) is 0 Å². The quantitative estimate of drug-likeness (QED) is 0.376. The van der Waals surface area contributed by atoms with Gasteiger partial charge in [0.25, 0.3) is 10.1 Å². The van der Waals surface area contributed by atoms with Crippen molar-refractivity contribution in [3.05, 3.63) is 0 Å². The maximum Gasteiger partial charge on any atom is 0.264 e. The summed E-state index contributed by atoms with van der Waals surface area (Å²) in [7, 11) is -3.76. The highest BCUT2D eigenvalue weighted by molar-refractivity contribution is 7.85. The summed E-state index contributed by atoms with van der Waals surface area (Å²) in [6.45, 7) is 2.10. The smallest absolute Gasteiger partial charge is 0.264 e. The average molecular weight is 308 g/mol. The van der Waals surface area contributed by atoms with Gasteiger partial charge in [-0.2, -0.15) is 8.42 Å². The van der Waals surface area contributed by atoms with E-state index in [0.717, 1.165) is 44.9 Å². The highest BCUT2D eigenvalue weighted by atomic mass is 32.2. The molecule has 0 aliphatic carbocycles. The molecule has 1 unspecified atom stereocenters. The molecule has 0 radical (unpaired) electrons. The molecular formula is C15H32O4S. The molecule has 0 aromatic heterocycles. The Kier molecular flexibility index (Phi) is 12.5.